The highest BCUT2D eigenvalue weighted by molar-refractivity contribution is 5.91. The van der Waals surface area contributed by atoms with Crippen LogP contribution >= 0.6 is 0 Å². The fourth-order valence-corrected chi connectivity index (χ4v) is 3.16. The number of furan rings is 1. The van der Waals surface area contributed by atoms with Crippen molar-refractivity contribution in [2.45, 2.75) is 0 Å². The fraction of sp³-hybridized carbons (Fsp3) is 0.200. The minimum atomic E-state index is -0.987. The van der Waals surface area contributed by atoms with E-state index >= 15 is 0 Å². The zero-order valence-corrected chi connectivity index (χ0v) is 15.5. The van der Waals surface area contributed by atoms with Crippen LogP contribution in [0.5, 0.6) is 0 Å². The van der Waals surface area contributed by atoms with Gasteiger partial charge in [0.15, 0.2) is 5.76 Å². The van der Waals surface area contributed by atoms with E-state index in [9.17, 15) is 9.59 Å². The molecule has 1 fully saturated rings. The Morgan fingerprint density at radius 1 is 1.03 bits per heavy atom. The van der Waals surface area contributed by atoms with Crippen LogP contribution in [-0.2, 0) is 0 Å². The van der Waals surface area contributed by atoms with Gasteiger partial charge in [-0.05, 0) is 30.3 Å². The topological polar surface area (TPSA) is 112 Å². The van der Waals surface area contributed by atoms with Crippen LogP contribution in [-0.4, -0.2) is 58.0 Å². The lowest BCUT2D eigenvalue weighted by Crippen LogP contribution is -2.49. The zero-order chi connectivity index (χ0) is 20.2. The first kappa shape index (κ1) is 18.5. The third-order valence-electron chi connectivity index (χ3n) is 4.66. The van der Waals surface area contributed by atoms with Gasteiger partial charge >= 0.3 is 5.97 Å². The number of aromatic nitrogens is 2. The van der Waals surface area contributed by atoms with Crippen molar-refractivity contribution in [2.75, 3.05) is 36.4 Å². The van der Waals surface area contributed by atoms with Gasteiger partial charge in [0.25, 0.3) is 5.91 Å². The number of carboxylic acid groups (broad SMARTS) is 1. The second kappa shape index (κ2) is 8.01. The van der Waals surface area contributed by atoms with Gasteiger partial charge in [-0.3, -0.25) is 4.79 Å². The number of nitrogens with one attached hydrogen (secondary N) is 1. The van der Waals surface area contributed by atoms with Gasteiger partial charge in [-0.1, -0.05) is 6.07 Å². The van der Waals surface area contributed by atoms with Crippen LogP contribution in [0.4, 0.5) is 17.3 Å². The molecule has 1 saturated heterocycles. The third-order valence-corrected chi connectivity index (χ3v) is 4.66. The summed E-state index contributed by atoms with van der Waals surface area (Å²) in [5, 5.41) is 12.2. The Labute approximate surface area is 166 Å². The van der Waals surface area contributed by atoms with Crippen molar-refractivity contribution in [3.8, 4) is 0 Å². The number of carbonyl (C=O) groups is 2. The van der Waals surface area contributed by atoms with E-state index in [1.807, 2.05) is 0 Å². The number of anilines is 3. The van der Waals surface area contributed by atoms with E-state index in [0.717, 1.165) is 5.82 Å². The first-order chi connectivity index (χ1) is 14.1. The van der Waals surface area contributed by atoms with E-state index in [4.69, 9.17) is 9.52 Å². The molecule has 3 aromatic rings. The number of amides is 1. The average molecular weight is 393 g/mol. The molecule has 1 aromatic carbocycles. The Balaban J connectivity index is 1.41. The lowest BCUT2D eigenvalue weighted by atomic mass is 10.2. The molecule has 4 rings (SSSR count). The summed E-state index contributed by atoms with van der Waals surface area (Å²) < 4.78 is 5.19. The molecule has 9 nitrogen and oxygen atoms in total. The minimum Gasteiger partial charge on any atom is -0.478 e. The summed E-state index contributed by atoms with van der Waals surface area (Å²) in [5.74, 6) is 0.543. The van der Waals surface area contributed by atoms with E-state index in [2.05, 4.69) is 20.2 Å². The number of piperazine rings is 1. The Kier molecular flexibility index (Phi) is 5.10. The number of hydrogen-bond acceptors (Lipinski definition) is 7. The maximum absolute atomic E-state index is 12.4. The second-order valence-electron chi connectivity index (χ2n) is 6.53. The molecule has 9 heteroatoms. The van der Waals surface area contributed by atoms with Gasteiger partial charge in [-0.2, -0.15) is 0 Å². The van der Waals surface area contributed by atoms with Crippen molar-refractivity contribution >= 4 is 29.2 Å². The molecule has 3 heterocycles. The molecule has 1 aliphatic rings. The number of hydrogen-bond donors (Lipinski definition) is 2. The number of aromatic carboxylic acids is 1. The van der Waals surface area contributed by atoms with Crippen LogP contribution in [0.3, 0.4) is 0 Å². The summed E-state index contributed by atoms with van der Waals surface area (Å²) in [6.45, 7) is 2.40. The molecule has 0 spiro atoms. The quantitative estimate of drug-likeness (QED) is 0.680. The molecule has 0 saturated carbocycles. The fourth-order valence-electron chi connectivity index (χ4n) is 3.16. The van der Waals surface area contributed by atoms with Crippen LogP contribution in [0.15, 0.2) is 59.5 Å². The SMILES string of the molecule is O=C(O)c1cccc(Nc2cc(N3CCN(C(=O)c4ccco4)CC3)ncn2)c1. The van der Waals surface area contributed by atoms with Gasteiger partial charge in [0.2, 0.25) is 0 Å². The summed E-state index contributed by atoms with van der Waals surface area (Å²) in [6, 6.07) is 11.7. The van der Waals surface area contributed by atoms with Crippen LogP contribution < -0.4 is 10.2 Å². The molecule has 2 N–H and O–H groups in total. The smallest absolute Gasteiger partial charge is 0.335 e. The van der Waals surface area contributed by atoms with Crippen LogP contribution in [0.1, 0.15) is 20.9 Å². The highest BCUT2D eigenvalue weighted by atomic mass is 16.4. The molecule has 2 aromatic heterocycles. The highest BCUT2D eigenvalue weighted by Gasteiger charge is 2.24. The Bertz CT molecular complexity index is 1010. The number of nitrogens with zero attached hydrogens (tertiary/aromatic N) is 4. The molecule has 148 valence electrons. The Hall–Kier alpha value is -3.88. The van der Waals surface area contributed by atoms with Crippen LogP contribution in [0.25, 0.3) is 0 Å². The Morgan fingerprint density at radius 2 is 1.86 bits per heavy atom. The molecular weight excluding hydrogens is 374 g/mol. The second-order valence-corrected chi connectivity index (χ2v) is 6.53. The zero-order valence-electron chi connectivity index (χ0n) is 15.5. The summed E-state index contributed by atoms with van der Waals surface area (Å²) in [7, 11) is 0. The van der Waals surface area contributed by atoms with E-state index in [1.165, 1.54) is 18.7 Å². The number of carboxylic acids is 1. The molecular formula is C20H19N5O4. The van der Waals surface area contributed by atoms with Gasteiger partial charge in [0.1, 0.15) is 18.0 Å². The van der Waals surface area contributed by atoms with E-state index in [1.54, 1.807) is 41.3 Å². The molecule has 1 amide bonds. The van der Waals surface area contributed by atoms with Crippen molar-refractivity contribution in [2.24, 2.45) is 0 Å². The molecule has 0 unspecified atom stereocenters. The lowest BCUT2D eigenvalue weighted by molar-refractivity contribution is 0.0693. The predicted molar refractivity (Wildman–Crippen MR) is 106 cm³/mol. The molecule has 1 aliphatic heterocycles. The van der Waals surface area contributed by atoms with Crippen molar-refractivity contribution in [1.82, 2.24) is 14.9 Å². The Morgan fingerprint density at radius 3 is 2.59 bits per heavy atom. The van der Waals surface area contributed by atoms with Gasteiger partial charge in [0, 0.05) is 37.9 Å². The third kappa shape index (κ3) is 4.18. The minimum absolute atomic E-state index is 0.113. The summed E-state index contributed by atoms with van der Waals surface area (Å²) in [4.78, 5) is 35.9. The summed E-state index contributed by atoms with van der Waals surface area (Å²) in [5.41, 5.74) is 0.824. The van der Waals surface area contributed by atoms with Gasteiger partial charge in [-0.15, -0.1) is 0 Å². The van der Waals surface area contributed by atoms with Gasteiger partial charge < -0.3 is 24.6 Å². The van der Waals surface area contributed by atoms with E-state index in [0.29, 0.717) is 43.4 Å². The number of benzene rings is 1. The maximum Gasteiger partial charge on any atom is 0.335 e. The monoisotopic (exact) mass is 393 g/mol. The number of rotatable bonds is 5. The highest BCUT2D eigenvalue weighted by Crippen LogP contribution is 2.21. The molecule has 0 bridgehead atoms. The number of carbonyl (C=O) groups excluding carboxylic acids is 1. The van der Waals surface area contributed by atoms with Crippen molar-refractivity contribution in [3.63, 3.8) is 0 Å². The van der Waals surface area contributed by atoms with Gasteiger partial charge in [0.05, 0.1) is 11.8 Å². The predicted octanol–water partition coefficient (Wildman–Crippen LogP) is 2.47. The maximum atomic E-state index is 12.4. The first-order valence-electron chi connectivity index (χ1n) is 9.10. The largest absolute Gasteiger partial charge is 0.478 e. The van der Waals surface area contributed by atoms with Crippen LogP contribution in [0.2, 0.25) is 0 Å². The molecule has 0 atom stereocenters. The van der Waals surface area contributed by atoms with Crippen molar-refractivity contribution in [1.29, 1.82) is 0 Å². The summed E-state index contributed by atoms with van der Waals surface area (Å²) >= 11 is 0. The standard InChI is InChI=1S/C20H19N5O4/c26-19(16-5-2-10-29-16)25-8-6-24(7-9-25)18-12-17(21-13-22-18)23-15-4-1-3-14(11-15)20(27)28/h1-5,10-13H,6-9H2,(H,27,28)(H,21,22,23). The first-order valence-corrected chi connectivity index (χ1v) is 9.10. The lowest BCUT2D eigenvalue weighted by Gasteiger charge is -2.35. The normalized spacial score (nSPS) is 13.9. The van der Waals surface area contributed by atoms with E-state index < -0.39 is 5.97 Å². The van der Waals surface area contributed by atoms with E-state index in [-0.39, 0.29) is 11.5 Å². The molecule has 0 radical (unpaired) electrons. The molecule has 29 heavy (non-hydrogen) atoms. The van der Waals surface area contributed by atoms with Crippen LogP contribution in [0, 0.1) is 0 Å². The molecule has 0 aliphatic carbocycles. The summed E-state index contributed by atoms with van der Waals surface area (Å²) in [6.07, 6.45) is 2.95. The average Bonchev–Trinajstić information content (AvgIpc) is 3.29. The van der Waals surface area contributed by atoms with Crippen molar-refractivity contribution in [3.05, 3.63) is 66.4 Å². The van der Waals surface area contributed by atoms with Crippen molar-refractivity contribution < 1.29 is 19.1 Å². The van der Waals surface area contributed by atoms with Gasteiger partial charge in [-0.25, -0.2) is 14.8 Å².